The summed E-state index contributed by atoms with van der Waals surface area (Å²) >= 11 is 7.53. The number of methoxy groups -OCH3 is 1. The first-order valence-electron chi connectivity index (χ1n) is 8.83. The highest BCUT2D eigenvalue weighted by molar-refractivity contribution is 7.13. The van der Waals surface area contributed by atoms with Gasteiger partial charge in [-0.1, -0.05) is 23.7 Å². The molecule has 28 heavy (non-hydrogen) atoms. The number of benzene rings is 1. The first kappa shape index (κ1) is 20.5. The molecule has 9 heteroatoms. The van der Waals surface area contributed by atoms with Gasteiger partial charge in [-0.3, -0.25) is 4.79 Å². The molecular formula is C19H22ClN4O3S+. The van der Waals surface area contributed by atoms with Crippen LogP contribution in [0.4, 0.5) is 5.69 Å². The Hall–Kier alpha value is -2.26. The van der Waals surface area contributed by atoms with Crippen molar-refractivity contribution in [1.29, 1.82) is 0 Å². The van der Waals surface area contributed by atoms with E-state index in [2.05, 4.69) is 15.5 Å². The van der Waals surface area contributed by atoms with E-state index in [-0.39, 0.29) is 11.9 Å². The number of thiophene rings is 1. The van der Waals surface area contributed by atoms with E-state index in [0.29, 0.717) is 42.2 Å². The monoisotopic (exact) mass is 421 g/mol. The summed E-state index contributed by atoms with van der Waals surface area (Å²) in [5.74, 6) is 0.857. The molecule has 2 N–H and O–H groups in total. The zero-order valence-corrected chi connectivity index (χ0v) is 17.2. The maximum absolute atomic E-state index is 12.7. The normalized spacial score (nSPS) is 13.2. The average Bonchev–Trinajstić information content (AvgIpc) is 3.36. The van der Waals surface area contributed by atoms with Gasteiger partial charge >= 0.3 is 0 Å². The molecule has 3 aromatic rings. The Balaban J connectivity index is 1.69. The van der Waals surface area contributed by atoms with Crippen molar-refractivity contribution in [3.05, 3.63) is 52.7 Å². The van der Waals surface area contributed by atoms with Gasteiger partial charge in [0.25, 0.3) is 17.7 Å². The van der Waals surface area contributed by atoms with Gasteiger partial charge in [-0.15, -0.1) is 21.5 Å². The average molecular weight is 422 g/mol. The molecule has 0 saturated carbocycles. The van der Waals surface area contributed by atoms with Crippen molar-refractivity contribution in [2.75, 3.05) is 25.6 Å². The quantitative estimate of drug-likeness (QED) is 0.554. The lowest BCUT2D eigenvalue weighted by Crippen LogP contribution is -3.15. The third kappa shape index (κ3) is 5.39. The predicted octanol–water partition coefficient (Wildman–Crippen LogP) is 2.51. The number of amides is 1. The molecule has 2 heterocycles. The number of carbonyl (C=O) groups is 1. The highest BCUT2D eigenvalue weighted by Gasteiger charge is 2.27. The van der Waals surface area contributed by atoms with Crippen LogP contribution < -0.4 is 10.2 Å². The minimum Gasteiger partial charge on any atom is -0.414 e. The summed E-state index contributed by atoms with van der Waals surface area (Å²) in [6.07, 6.45) is 0. The second-order valence-corrected chi connectivity index (χ2v) is 7.66. The number of halogens is 1. The predicted molar refractivity (Wildman–Crippen MR) is 109 cm³/mol. The standard InChI is InChI=1S/C19H21ClN4O3S/c1-13(18(25)21-15-6-3-5-14(20)11-15)24(8-9-26-2)12-17-22-23-19(27-17)16-7-4-10-28-16/h3-7,10-11,13H,8-9,12H2,1-2H3,(H,21,25)/p+1/t13-/m0/s1. The van der Waals surface area contributed by atoms with Crippen molar-refractivity contribution in [1.82, 2.24) is 10.2 Å². The first-order chi connectivity index (χ1) is 13.6. The molecule has 0 bridgehead atoms. The molecule has 0 fully saturated rings. The zero-order valence-electron chi connectivity index (χ0n) is 15.6. The summed E-state index contributed by atoms with van der Waals surface area (Å²) in [6, 6.07) is 10.6. The zero-order chi connectivity index (χ0) is 19.9. The van der Waals surface area contributed by atoms with E-state index in [0.717, 1.165) is 9.78 Å². The largest absolute Gasteiger partial charge is 0.414 e. The molecule has 148 valence electrons. The maximum atomic E-state index is 12.7. The van der Waals surface area contributed by atoms with Crippen molar-refractivity contribution >= 4 is 34.5 Å². The molecule has 0 saturated heterocycles. The van der Waals surface area contributed by atoms with Crippen LogP contribution in [0.5, 0.6) is 0 Å². The van der Waals surface area contributed by atoms with Crippen LogP contribution in [-0.4, -0.2) is 42.4 Å². The van der Waals surface area contributed by atoms with Gasteiger partial charge in [0.15, 0.2) is 12.6 Å². The summed E-state index contributed by atoms with van der Waals surface area (Å²) in [5.41, 5.74) is 0.660. The Kier molecular flexibility index (Phi) is 7.16. The molecule has 1 aromatic carbocycles. The van der Waals surface area contributed by atoms with Crippen LogP contribution in [0, 0.1) is 0 Å². The number of carbonyl (C=O) groups excluding carboxylic acids is 1. The van der Waals surface area contributed by atoms with E-state index < -0.39 is 0 Å². The van der Waals surface area contributed by atoms with E-state index in [1.807, 2.05) is 24.4 Å². The fourth-order valence-electron chi connectivity index (χ4n) is 2.71. The van der Waals surface area contributed by atoms with Crippen molar-refractivity contribution in [2.24, 2.45) is 0 Å². The van der Waals surface area contributed by atoms with Gasteiger partial charge in [0, 0.05) is 17.8 Å². The maximum Gasteiger partial charge on any atom is 0.282 e. The molecule has 1 amide bonds. The van der Waals surface area contributed by atoms with Crippen molar-refractivity contribution in [2.45, 2.75) is 19.5 Å². The number of nitrogens with zero attached hydrogens (tertiary/aromatic N) is 2. The lowest BCUT2D eigenvalue weighted by atomic mass is 10.2. The number of nitrogens with one attached hydrogen (secondary N) is 2. The first-order valence-corrected chi connectivity index (χ1v) is 10.1. The van der Waals surface area contributed by atoms with Gasteiger partial charge < -0.3 is 19.4 Å². The van der Waals surface area contributed by atoms with Gasteiger partial charge in [0.1, 0.15) is 6.54 Å². The summed E-state index contributed by atoms with van der Waals surface area (Å²) < 4.78 is 11.0. The third-order valence-corrected chi connectivity index (χ3v) is 5.40. The van der Waals surface area contributed by atoms with Gasteiger partial charge in [-0.05, 0) is 36.6 Å². The molecular weight excluding hydrogens is 400 g/mol. The Bertz CT molecular complexity index is 900. The van der Waals surface area contributed by atoms with Crippen LogP contribution in [0.1, 0.15) is 12.8 Å². The molecule has 2 aromatic heterocycles. The highest BCUT2D eigenvalue weighted by atomic mass is 35.5. The van der Waals surface area contributed by atoms with E-state index in [4.69, 9.17) is 20.8 Å². The molecule has 1 unspecified atom stereocenters. The van der Waals surface area contributed by atoms with Crippen LogP contribution in [0.2, 0.25) is 5.02 Å². The second kappa shape index (κ2) is 9.79. The fourth-order valence-corrected chi connectivity index (χ4v) is 3.55. The Labute approximate surface area is 172 Å². The topological polar surface area (TPSA) is 81.7 Å². The van der Waals surface area contributed by atoms with Crippen LogP contribution >= 0.6 is 22.9 Å². The molecule has 0 aliphatic carbocycles. The van der Waals surface area contributed by atoms with Crippen molar-refractivity contribution < 1.29 is 18.8 Å². The van der Waals surface area contributed by atoms with Crippen molar-refractivity contribution in [3.63, 3.8) is 0 Å². The van der Waals surface area contributed by atoms with Crippen LogP contribution in [0.3, 0.4) is 0 Å². The Morgan fingerprint density at radius 3 is 2.93 bits per heavy atom. The summed E-state index contributed by atoms with van der Waals surface area (Å²) in [6.45, 7) is 3.42. The van der Waals surface area contributed by atoms with Gasteiger partial charge in [0.05, 0.1) is 11.5 Å². The van der Waals surface area contributed by atoms with Crippen LogP contribution in [0.15, 0.2) is 46.2 Å². The summed E-state index contributed by atoms with van der Waals surface area (Å²) in [5, 5.41) is 13.7. The van der Waals surface area contributed by atoms with Crippen LogP contribution in [-0.2, 0) is 16.1 Å². The molecule has 2 atom stereocenters. The molecule has 0 aliphatic heterocycles. The Morgan fingerprint density at radius 1 is 1.36 bits per heavy atom. The lowest BCUT2D eigenvalue weighted by molar-refractivity contribution is -0.929. The highest BCUT2D eigenvalue weighted by Crippen LogP contribution is 2.22. The van der Waals surface area contributed by atoms with Crippen LogP contribution in [0.25, 0.3) is 10.8 Å². The van der Waals surface area contributed by atoms with Crippen molar-refractivity contribution in [3.8, 4) is 10.8 Å². The minimum absolute atomic E-state index is 0.119. The fraction of sp³-hybridized carbons (Fsp3) is 0.316. The molecule has 0 aliphatic rings. The van der Waals surface area contributed by atoms with E-state index >= 15 is 0 Å². The van der Waals surface area contributed by atoms with E-state index in [9.17, 15) is 4.79 Å². The number of ether oxygens (including phenoxy) is 1. The molecule has 3 rings (SSSR count). The summed E-state index contributed by atoms with van der Waals surface area (Å²) in [4.78, 5) is 14.6. The third-order valence-electron chi connectivity index (χ3n) is 4.30. The van der Waals surface area contributed by atoms with E-state index in [1.165, 1.54) is 11.3 Å². The molecule has 0 spiro atoms. The van der Waals surface area contributed by atoms with E-state index in [1.54, 1.807) is 31.4 Å². The summed E-state index contributed by atoms with van der Waals surface area (Å²) in [7, 11) is 1.63. The SMILES string of the molecule is COCC[NH+](Cc1nnc(-c2cccs2)o1)[C@@H](C)C(=O)Nc1cccc(Cl)c1. The van der Waals surface area contributed by atoms with Gasteiger partial charge in [0.2, 0.25) is 0 Å². The number of aromatic nitrogens is 2. The number of hydrogen-bond donors (Lipinski definition) is 2. The number of rotatable bonds is 9. The minimum atomic E-state index is -0.355. The molecule has 0 radical (unpaired) electrons. The number of anilines is 1. The lowest BCUT2D eigenvalue weighted by Gasteiger charge is -2.23. The smallest absolute Gasteiger partial charge is 0.282 e. The number of quaternary nitrogens is 1. The molecule has 7 nitrogen and oxygen atoms in total. The van der Waals surface area contributed by atoms with Gasteiger partial charge in [-0.2, -0.15) is 0 Å². The Morgan fingerprint density at radius 2 is 2.21 bits per heavy atom. The van der Waals surface area contributed by atoms with Gasteiger partial charge in [-0.25, -0.2) is 0 Å². The second-order valence-electron chi connectivity index (χ2n) is 6.28. The number of hydrogen-bond acceptors (Lipinski definition) is 6.